The smallest absolute Gasteiger partial charge is 0.299 e. The minimum Gasteiger partial charge on any atom is -0.299 e. The minimum atomic E-state index is -1.07. The molecule has 0 aromatic heterocycles. The first kappa shape index (κ1) is 11.1. The van der Waals surface area contributed by atoms with Crippen LogP contribution < -0.4 is 10.6 Å². The summed E-state index contributed by atoms with van der Waals surface area (Å²) in [6.45, 7) is 0. The molecule has 6 nitrogen and oxygen atoms in total. The van der Waals surface area contributed by atoms with Gasteiger partial charge in [0, 0.05) is 6.42 Å². The Morgan fingerprint density at radius 1 is 1.21 bits per heavy atom. The molecule has 1 rings (SSSR count). The molecule has 0 aromatic carbocycles. The molecule has 14 heavy (non-hydrogen) atoms. The molecule has 0 radical (unpaired) electrons. The van der Waals surface area contributed by atoms with E-state index in [1.165, 1.54) is 0 Å². The normalized spacial score (nSPS) is 17.6. The summed E-state index contributed by atoms with van der Waals surface area (Å²) in [4.78, 5) is 43.9. The summed E-state index contributed by atoms with van der Waals surface area (Å²) in [6.07, 6.45) is -0.159. The average Bonchev–Trinajstić information content (AvgIpc) is 2.10. The van der Waals surface area contributed by atoms with Crippen LogP contribution in [0.15, 0.2) is 0 Å². The van der Waals surface area contributed by atoms with E-state index in [0.717, 1.165) is 0 Å². The second kappa shape index (κ2) is 4.49. The van der Waals surface area contributed by atoms with E-state index in [-0.39, 0.29) is 16.6 Å². The predicted molar refractivity (Wildman–Crippen MR) is 53.7 cm³/mol. The summed E-state index contributed by atoms with van der Waals surface area (Å²) in [7, 11) is 0. The van der Waals surface area contributed by atoms with Crippen LogP contribution in [-0.2, 0) is 14.4 Å². The van der Waals surface area contributed by atoms with E-state index in [2.05, 4.69) is 0 Å². The van der Waals surface area contributed by atoms with Crippen molar-refractivity contribution in [1.82, 2.24) is 10.6 Å². The Bertz CT molecular complexity index is 295. The van der Waals surface area contributed by atoms with Gasteiger partial charge >= 0.3 is 6.03 Å². The van der Waals surface area contributed by atoms with Crippen LogP contribution in [0.4, 0.5) is 4.79 Å². The number of nitrogens with one attached hydrogen (secondary N) is 2. The topological polar surface area (TPSA) is 92.3 Å². The number of hydrogen-bond donors (Lipinski definition) is 2. The molecule has 0 atom stereocenters. The monoisotopic (exact) mass is 310 g/mol. The summed E-state index contributed by atoms with van der Waals surface area (Å²) >= 11 is 1.85. The Hall–Kier alpha value is -0.990. The minimum absolute atomic E-state index is 0.159. The van der Waals surface area contributed by atoms with Gasteiger partial charge in [-0.15, -0.1) is 0 Å². The van der Waals surface area contributed by atoms with Gasteiger partial charge in [0.05, 0.1) is 4.43 Å². The molecular weight excluding hydrogens is 303 g/mol. The molecule has 0 saturated carbocycles. The van der Waals surface area contributed by atoms with Gasteiger partial charge in [-0.3, -0.25) is 25.0 Å². The van der Waals surface area contributed by atoms with Gasteiger partial charge in [0.25, 0.3) is 0 Å². The van der Waals surface area contributed by atoms with E-state index in [0.29, 0.717) is 0 Å². The lowest BCUT2D eigenvalue weighted by atomic mass is 10.00. The third-order valence-electron chi connectivity index (χ3n) is 1.69. The van der Waals surface area contributed by atoms with Gasteiger partial charge in [0.15, 0.2) is 0 Å². The van der Waals surface area contributed by atoms with Crippen LogP contribution in [0.3, 0.4) is 0 Å². The quantitative estimate of drug-likeness (QED) is 0.412. The molecule has 76 valence electrons. The van der Waals surface area contributed by atoms with Gasteiger partial charge in [-0.2, -0.15) is 0 Å². The first-order valence-corrected chi connectivity index (χ1v) is 5.30. The Kier molecular flexibility index (Phi) is 3.55. The third kappa shape index (κ3) is 2.50. The molecular formula is C7H7IN2O4. The number of imide groups is 2. The van der Waals surface area contributed by atoms with Crippen molar-refractivity contribution in [3.63, 3.8) is 0 Å². The zero-order valence-corrected chi connectivity index (χ0v) is 9.16. The van der Waals surface area contributed by atoms with Crippen LogP contribution >= 0.6 is 22.6 Å². The van der Waals surface area contributed by atoms with Crippen LogP contribution in [0.1, 0.15) is 6.42 Å². The van der Waals surface area contributed by atoms with Crippen LogP contribution in [0.5, 0.6) is 0 Å². The summed E-state index contributed by atoms with van der Waals surface area (Å²) in [5.41, 5.74) is 0. The van der Waals surface area contributed by atoms with Gasteiger partial charge in [0.2, 0.25) is 11.8 Å². The summed E-state index contributed by atoms with van der Waals surface area (Å²) in [5.74, 6) is -2.70. The molecule has 1 heterocycles. The van der Waals surface area contributed by atoms with E-state index in [1.807, 2.05) is 33.2 Å². The molecule has 0 unspecified atom stereocenters. The van der Waals surface area contributed by atoms with Crippen molar-refractivity contribution in [1.29, 1.82) is 0 Å². The fourth-order valence-electron chi connectivity index (χ4n) is 1.02. The van der Waals surface area contributed by atoms with Crippen molar-refractivity contribution in [2.75, 3.05) is 4.43 Å². The standard InChI is InChI=1S/C7H7IN2O4/c8-2-3(11)1-4-5(12)9-7(14)10-6(4)13/h4H,1-2H2,(H2,9,10,12,13,14). The van der Waals surface area contributed by atoms with E-state index in [4.69, 9.17) is 0 Å². The number of barbiturate groups is 1. The SMILES string of the molecule is O=C(CI)CC1C(=O)NC(=O)NC1=O. The fourth-order valence-corrected chi connectivity index (χ4v) is 1.33. The first-order valence-electron chi connectivity index (χ1n) is 3.78. The first-order chi connectivity index (χ1) is 6.54. The molecule has 0 bridgehead atoms. The van der Waals surface area contributed by atoms with Crippen LogP contribution in [0.25, 0.3) is 0 Å². The summed E-state index contributed by atoms with van der Waals surface area (Å²) in [5, 5.41) is 3.85. The van der Waals surface area contributed by atoms with Gasteiger partial charge in [-0.1, -0.05) is 22.6 Å². The van der Waals surface area contributed by atoms with Gasteiger partial charge in [0.1, 0.15) is 11.7 Å². The van der Waals surface area contributed by atoms with Crippen molar-refractivity contribution in [3.05, 3.63) is 0 Å². The van der Waals surface area contributed by atoms with E-state index < -0.39 is 23.8 Å². The molecule has 1 aliphatic heterocycles. The van der Waals surface area contributed by atoms with Crippen LogP contribution in [-0.4, -0.2) is 28.1 Å². The lowest BCUT2D eigenvalue weighted by molar-refractivity contribution is -0.138. The maximum Gasteiger partial charge on any atom is 0.328 e. The Labute approximate surface area is 92.9 Å². The molecule has 0 aliphatic carbocycles. The van der Waals surface area contributed by atoms with Gasteiger partial charge in [-0.25, -0.2) is 4.79 Å². The molecule has 0 spiro atoms. The number of rotatable bonds is 3. The van der Waals surface area contributed by atoms with E-state index in [9.17, 15) is 19.2 Å². The average molecular weight is 310 g/mol. The van der Waals surface area contributed by atoms with Crippen molar-refractivity contribution in [2.24, 2.45) is 5.92 Å². The van der Waals surface area contributed by atoms with Crippen LogP contribution in [0.2, 0.25) is 0 Å². The number of Topliss-reactive ketones (excluding diaryl/α,β-unsaturated/α-hetero) is 1. The number of ketones is 1. The number of urea groups is 1. The highest BCUT2D eigenvalue weighted by Crippen LogP contribution is 2.08. The summed E-state index contributed by atoms with van der Waals surface area (Å²) < 4.78 is 0.239. The predicted octanol–water partition coefficient (Wildman–Crippen LogP) is -0.637. The maximum atomic E-state index is 11.1. The highest BCUT2D eigenvalue weighted by atomic mass is 127. The molecule has 2 N–H and O–H groups in total. The molecule has 1 fully saturated rings. The molecule has 7 heteroatoms. The maximum absolute atomic E-state index is 11.1. The second-order valence-corrected chi connectivity index (χ2v) is 3.50. The van der Waals surface area contributed by atoms with Crippen molar-refractivity contribution < 1.29 is 19.2 Å². The Balaban J connectivity index is 2.68. The van der Waals surface area contributed by atoms with Gasteiger partial charge in [-0.05, 0) is 0 Å². The Morgan fingerprint density at radius 3 is 2.14 bits per heavy atom. The largest absolute Gasteiger partial charge is 0.328 e. The third-order valence-corrected chi connectivity index (χ3v) is 2.54. The summed E-state index contributed by atoms with van der Waals surface area (Å²) in [6, 6.07) is -0.835. The van der Waals surface area contributed by atoms with E-state index in [1.54, 1.807) is 0 Å². The van der Waals surface area contributed by atoms with Crippen molar-refractivity contribution in [3.8, 4) is 0 Å². The fraction of sp³-hybridized carbons (Fsp3) is 0.429. The number of hydrogen-bond acceptors (Lipinski definition) is 4. The highest BCUT2D eigenvalue weighted by Gasteiger charge is 2.35. The van der Waals surface area contributed by atoms with Crippen molar-refractivity contribution >= 4 is 46.2 Å². The molecule has 0 aromatic rings. The lowest BCUT2D eigenvalue weighted by Crippen LogP contribution is -2.56. The number of alkyl halides is 1. The van der Waals surface area contributed by atoms with Crippen molar-refractivity contribution in [2.45, 2.75) is 6.42 Å². The molecule has 1 saturated heterocycles. The number of carbonyl (C=O) groups excluding carboxylic acids is 4. The molecule has 4 amide bonds. The number of carbonyl (C=O) groups is 4. The number of amides is 4. The number of halogens is 1. The zero-order chi connectivity index (χ0) is 10.7. The van der Waals surface area contributed by atoms with Crippen LogP contribution in [0, 0.1) is 5.92 Å². The highest BCUT2D eigenvalue weighted by molar-refractivity contribution is 14.1. The van der Waals surface area contributed by atoms with Gasteiger partial charge < -0.3 is 0 Å². The van der Waals surface area contributed by atoms with E-state index >= 15 is 0 Å². The Morgan fingerprint density at radius 2 is 1.71 bits per heavy atom. The zero-order valence-electron chi connectivity index (χ0n) is 7.00. The second-order valence-electron chi connectivity index (χ2n) is 2.74. The molecule has 1 aliphatic rings. The lowest BCUT2D eigenvalue weighted by Gasteiger charge is -2.19.